The Kier molecular flexibility index (Phi) is 2.84. The molecule has 2 heteroatoms. The van der Waals surface area contributed by atoms with Crippen molar-refractivity contribution in [1.29, 1.82) is 0 Å². The second kappa shape index (κ2) is 4.60. The maximum Gasteiger partial charge on any atom is 0.168 e. The van der Waals surface area contributed by atoms with Gasteiger partial charge in [0.05, 0.1) is 5.02 Å². The minimum Gasteiger partial charge on any atom is -0.294 e. The zero-order chi connectivity index (χ0) is 14.9. The highest BCUT2D eigenvalue weighted by Crippen LogP contribution is 2.62. The Bertz CT molecular complexity index is 612. The van der Waals surface area contributed by atoms with Gasteiger partial charge in [0.2, 0.25) is 0 Å². The van der Waals surface area contributed by atoms with Crippen LogP contribution in [0.15, 0.2) is 18.2 Å². The normalized spacial score (nSPS) is 42.0. The smallest absolute Gasteiger partial charge is 0.168 e. The number of carbonyl (C=O) groups is 1. The van der Waals surface area contributed by atoms with E-state index in [1.54, 1.807) is 0 Å². The van der Waals surface area contributed by atoms with Crippen molar-refractivity contribution >= 4 is 17.4 Å². The van der Waals surface area contributed by atoms with Gasteiger partial charge in [-0.3, -0.25) is 4.79 Å². The predicted molar refractivity (Wildman–Crippen MR) is 88.2 cm³/mol. The zero-order valence-corrected chi connectivity index (χ0v) is 13.7. The molecule has 0 aromatic heterocycles. The zero-order valence-electron chi connectivity index (χ0n) is 13.0. The Morgan fingerprint density at radius 3 is 2.27 bits per heavy atom. The Labute approximate surface area is 137 Å². The van der Waals surface area contributed by atoms with Crippen molar-refractivity contribution < 1.29 is 4.79 Å². The first kappa shape index (κ1) is 13.6. The Balaban J connectivity index is 1.42. The molecule has 1 nitrogen and oxygen atoms in total. The van der Waals surface area contributed by atoms with Crippen LogP contribution in [0.3, 0.4) is 0 Å². The van der Waals surface area contributed by atoms with Gasteiger partial charge in [-0.2, -0.15) is 0 Å². The first-order chi connectivity index (χ1) is 10.6. The van der Waals surface area contributed by atoms with Crippen LogP contribution in [0.5, 0.6) is 0 Å². The average molecular weight is 315 g/mol. The molecule has 0 N–H and O–H groups in total. The van der Waals surface area contributed by atoms with Crippen molar-refractivity contribution in [3.05, 3.63) is 34.3 Å². The largest absolute Gasteiger partial charge is 0.294 e. The topological polar surface area (TPSA) is 17.1 Å². The van der Waals surface area contributed by atoms with Crippen molar-refractivity contribution in [2.24, 2.45) is 29.1 Å². The van der Waals surface area contributed by atoms with E-state index in [0.29, 0.717) is 16.2 Å². The lowest BCUT2D eigenvalue weighted by Crippen LogP contribution is -2.47. The molecule has 4 bridgehead atoms. The number of ketones is 1. The van der Waals surface area contributed by atoms with Crippen LogP contribution in [0.2, 0.25) is 5.02 Å². The highest BCUT2D eigenvalue weighted by Gasteiger charge is 2.52. The predicted octanol–water partition coefficient (Wildman–Crippen LogP) is 5.30. The Hall–Kier alpha value is -0.820. The summed E-state index contributed by atoms with van der Waals surface area (Å²) in [5, 5.41) is 0.663. The second-order valence-corrected chi connectivity index (χ2v) is 9.07. The van der Waals surface area contributed by atoms with Gasteiger partial charge in [0.1, 0.15) is 0 Å². The molecule has 5 aliphatic carbocycles. The molecular formula is C20H23ClO. The summed E-state index contributed by atoms with van der Waals surface area (Å²) in [6, 6.07) is 5.95. The third-order valence-electron chi connectivity index (χ3n) is 7.03. The van der Waals surface area contributed by atoms with Crippen LogP contribution in [-0.4, -0.2) is 5.78 Å². The molecule has 0 saturated heterocycles. The molecule has 1 aromatic carbocycles. The van der Waals surface area contributed by atoms with Crippen LogP contribution in [0.1, 0.15) is 60.9 Å². The Morgan fingerprint density at radius 1 is 1.05 bits per heavy atom. The SMILES string of the molecule is O=C1c2c(Cl)cccc2CC1CC12CC3CC(CC(C3)C1)C2. The van der Waals surface area contributed by atoms with Crippen LogP contribution < -0.4 is 0 Å². The third kappa shape index (κ3) is 1.94. The van der Waals surface area contributed by atoms with E-state index in [-0.39, 0.29) is 5.92 Å². The molecule has 116 valence electrons. The van der Waals surface area contributed by atoms with Gasteiger partial charge in [-0.05, 0) is 86.2 Å². The fourth-order valence-electron chi connectivity index (χ4n) is 6.80. The lowest BCUT2D eigenvalue weighted by Gasteiger charge is -2.57. The van der Waals surface area contributed by atoms with Crippen LogP contribution in [0.25, 0.3) is 0 Å². The molecule has 5 aliphatic rings. The number of halogens is 1. The number of benzene rings is 1. The van der Waals surface area contributed by atoms with E-state index in [4.69, 9.17) is 11.6 Å². The molecule has 0 spiro atoms. The fraction of sp³-hybridized carbons (Fsp3) is 0.650. The molecule has 1 unspecified atom stereocenters. The number of carbonyl (C=O) groups excluding carboxylic acids is 1. The molecule has 0 heterocycles. The van der Waals surface area contributed by atoms with E-state index in [0.717, 1.165) is 36.2 Å². The van der Waals surface area contributed by atoms with Crippen LogP contribution in [-0.2, 0) is 6.42 Å². The molecule has 6 rings (SSSR count). The van der Waals surface area contributed by atoms with E-state index in [1.807, 2.05) is 12.1 Å². The third-order valence-corrected chi connectivity index (χ3v) is 7.34. The van der Waals surface area contributed by atoms with Gasteiger partial charge in [0, 0.05) is 11.5 Å². The Morgan fingerprint density at radius 2 is 1.68 bits per heavy atom. The minimum atomic E-state index is 0.200. The maximum absolute atomic E-state index is 12.9. The van der Waals surface area contributed by atoms with Gasteiger partial charge >= 0.3 is 0 Å². The lowest BCUT2D eigenvalue weighted by atomic mass is 9.48. The van der Waals surface area contributed by atoms with Crippen LogP contribution in [0, 0.1) is 29.1 Å². The fourth-order valence-corrected chi connectivity index (χ4v) is 7.09. The van der Waals surface area contributed by atoms with Gasteiger partial charge in [0.15, 0.2) is 5.78 Å². The standard InChI is InChI=1S/C20H23ClO/c21-17-3-1-2-15-7-16(19(22)18(15)17)11-20-8-12-4-13(9-20)6-14(5-12)10-20/h1-3,12-14,16H,4-11H2. The molecule has 0 amide bonds. The molecule has 1 aromatic rings. The number of hydrogen-bond acceptors (Lipinski definition) is 1. The van der Waals surface area contributed by atoms with Crippen molar-refractivity contribution in [1.82, 2.24) is 0 Å². The molecule has 4 saturated carbocycles. The molecule has 1 atom stereocenters. The highest BCUT2D eigenvalue weighted by molar-refractivity contribution is 6.34. The summed E-state index contributed by atoms with van der Waals surface area (Å²) in [7, 11) is 0. The molecular weight excluding hydrogens is 292 g/mol. The summed E-state index contributed by atoms with van der Waals surface area (Å²) in [6.45, 7) is 0. The first-order valence-electron chi connectivity index (χ1n) is 8.93. The molecule has 0 aliphatic heterocycles. The van der Waals surface area contributed by atoms with Gasteiger partial charge in [-0.25, -0.2) is 0 Å². The number of rotatable bonds is 2. The summed E-state index contributed by atoms with van der Waals surface area (Å²) < 4.78 is 0. The van der Waals surface area contributed by atoms with Gasteiger partial charge in [0.25, 0.3) is 0 Å². The van der Waals surface area contributed by atoms with Gasteiger partial charge < -0.3 is 0 Å². The van der Waals surface area contributed by atoms with Gasteiger partial charge in [-0.15, -0.1) is 0 Å². The van der Waals surface area contributed by atoms with Crippen LogP contribution >= 0.6 is 11.6 Å². The highest BCUT2D eigenvalue weighted by atomic mass is 35.5. The second-order valence-electron chi connectivity index (χ2n) is 8.66. The lowest BCUT2D eigenvalue weighted by molar-refractivity contribution is -0.0629. The van der Waals surface area contributed by atoms with Crippen molar-refractivity contribution in [2.75, 3.05) is 0 Å². The molecule has 4 fully saturated rings. The summed E-state index contributed by atoms with van der Waals surface area (Å²) in [5.74, 6) is 3.43. The maximum atomic E-state index is 12.9. The average Bonchev–Trinajstić information content (AvgIpc) is 2.74. The van der Waals surface area contributed by atoms with E-state index in [1.165, 1.54) is 44.1 Å². The van der Waals surface area contributed by atoms with Gasteiger partial charge in [-0.1, -0.05) is 23.7 Å². The monoisotopic (exact) mass is 314 g/mol. The van der Waals surface area contributed by atoms with E-state index in [2.05, 4.69) is 6.07 Å². The minimum absolute atomic E-state index is 0.200. The van der Waals surface area contributed by atoms with Crippen LogP contribution in [0.4, 0.5) is 0 Å². The molecule has 22 heavy (non-hydrogen) atoms. The summed E-state index contributed by atoms with van der Waals surface area (Å²) in [6.07, 6.45) is 10.7. The van der Waals surface area contributed by atoms with E-state index >= 15 is 0 Å². The van der Waals surface area contributed by atoms with Crippen molar-refractivity contribution in [3.63, 3.8) is 0 Å². The first-order valence-corrected chi connectivity index (χ1v) is 9.31. The quantitative estimate of drug-likeness (QED) is 0.723. The van der Waals surface area contributed by atoms with E-state index < -0.39 is 0 Å². The summed E-state index contributed by atoms with van der Waals surface area (Å²) in [4.78, 5) is 12.9. The summed E-state index contributed by atoms with van der Waals surface area (Å²) in [5.41, 5.74) is 2.51. The van der Waals surface area contributed by atoms with E-state index in [9.17, 15) is 4.79 Å². The summed E-state index contributed by atoms with van der Waals surface area (Å²) >= 11 is 6.28. The number of Topliss-reactive ketones (excluding diaryl/α,β-unsaturated/α-hetero) is 1. The van der Waals surface area contributed by atoms with Crippen molar-refractivity contribution in [2.45, 2.75) is 51.4 Å². The molecule has 0 radical (unpaired) electrons. The number of fused-ring (bicyclic) bond motifs is 1. The van der Waals surface area contributed by atoms with Crippen molar-refractivity contribution in [3.8, 4) is 0 Å². The number of hydrogen-bond donors (Lipinski definition) is 0.